The van der Waals surface area contributed by atoms with Crippen LogP contribution < -0.4 is 10.2 Å². The molecule has 144 valence electrons. The lowest BCUT2D eigenvalue weighted by Gasteiger charge is -2.35. The van der Waals surface area contributed by atoms with E-state index >= 15 is 0 Å². The zero-order chi connectivity index (χ0) is 18.6. The Balaban J connectivity index is 1.26. The Bertz CT molecular complexity index is 760. The van der Waals surface area contributed by atoms with Crippen LogP contribution in [-0.4, -0.2) is 48.5 Å². The zero-order valence-corrected chi connectivity index (χ0v) is 16.2. The second-order valence-electron chi connectivity index (χ2n) is 7.24. The maximum absolute atomic E-state index is 13.1. The summed E-state index contributed by atoms with van der Waals surface area (Å²) in [6, 6.07) is 6.60. The predicted molar refractivity (Wildman–Crippen MR) is 107 cm³/mol. The number of thiazole rings is 1. The number of piperazine rings is 1. The summed E-state index contributed by atoms with van der Waals surface area (Å²) in [6.45, 7) is 3.70. The molecule has 0 unspecified atom stereocenters. The van der Waals surface area contributed by atoms with Crippen LogP contribution in [0.25, 0.3) is 0 Å². The maximum atomic E-state index is 13.1. The van der Waals surface area contributed by atoms with Crippen molar-refractivity contribution in [2.24, 2.45) is 0 Å². The molecular formula is C20H25FN4OS. The van der Waals surface area contributed by atoms with Gasteiger partial charge in [-0.05, 0) is 49.9 Å². The molecule has 4 rings (SSSR count). The molecule has 1 fully saturated rings. The molecule has 1 aliphatic carbocycles. The van der Waals surface area contributed by atoms with Crippen LogP contribution in [0.3, 0.4) is 0 Å². The van der Waals surface area contributed by atoms with Crippen LogP contribution in [0.2, 0.25) is 0 Å². The van der Waals surface area contributed by atoms with Gasteiger partial charge in [0, 0.05) is 36.7 Å². The Morgan fingerprint density at radius 2 is 1.81 bits per heavy atom. The number of hydrogen-bond donors (Lipinski definition) is 1. The molecule has 1 amide bonds. The van der Waals surface area contributed by atoms with Gasteiger partial charge < -0.3 is 10.2 Å². The first-order valence-electron chi connectivity index (χ1n) is 9.69. The average molecular weight is 389 g/mol. The molecule has 7 heteroatoms. The van der Waals surface area contributed by atoms with E-state index in [1.807, 2.05) is 12.1 Å². The molecule has 0 saturated carbocycles. The molecule has 2 heterocycles. The van der Waals surface area contributed by atoms with E-state index in [0.29, 0.717) is 6.54 Å². The number of nitrogens with zero attached hydrogens (tertiary/aromatic N) is 3. The molecule has 0 atom stereocenters. The highest BCUT2D eigenvalue weighted by Gasteiger charge is 2.20. The van der Waals surface area contributed by atoms with Crippen LogP contribution in [0, 0.1) is 5.82 Å². The number of nitrogens with one attached hydrogen (secondary N) is 1. The number of hydrogen-bond acceptors (Lipinski definition) is 5. The second-order valence-corrected chi connectivity index (χ2v) is 8.32. The minimum Gasteiger partial charge on any atom is -0.369 e. The van der Waals surface area contributed by atoms with Gasteiger partial charge in [0.2, 0.25) is 5.91 Å². The number of amides is 1. The van der Waals surface area contributed by atoms with Crippen LogP contribution in [-0.2, 0) is 17.6 Å². The van der Waals surface area contributed by atoms with Gasteiger partial charge >= 0.3 is 0 Å². The first-order chi connectivity index (χ1) is 13.2. The van der Waals surface area contributed by atoms with Crippen molar-refractivity contribution in [3.8, 4) is 0 Å². The third kappa shape index (κ3) is 4.65. The van der Waals surface area contributed by atoms with Gasteiger partial charge in [-0.1, -0.05) is 6.42 Å². The molecule has 2 aliphatic rings. The number of aromatic nitrogens is 1. The van der Waals surface area contributed by atoms with Gasteiger partial charge in [0.1, 0.15) is 5.82 Å². The Morgan fingerprint density at radius 3 is 2.59 bits per heavy atom. The average Bonchev–Trinajstić information content (AvgIpc) is 2.91. The van der Waals surface area contributed by atoms with Crippen LogP contribution in [0.5, 0.6) is 0 Å². The minimum absolute atomic E-state index is 0.00846. The molecule has 2 aromatic rings. The standard InChI is InChI=1S/C20H25FN4OS/c21-15-6-8-16(9-7-15)25-12-10-24(11-13-25)14-19(26)23-20-22-17-4-2-1-3-5-18(17)27-20/h6-9H,1-5,10-14H2,(H,22,23,26). The van der Waals surface area contributed by atoms with Crippen LogP contribution in [0.4, 0.5) is 15.2 Å². The van der Waals surface area contributed by atoms with E-state index in [0.717, 1.165) is 49.8 Å². The molecule has 0 radical (unpaired) electrons. The number of anilines is 2. The highest BCUT2D eigenvalue weighted by atomic mass is 32.1. The summed E-state index contributed by atoms with van der Waals surface area (Å²) in [6.07, 6.45) is 5.82. The van der Waals surface area contributed by atoms with E-state index in [9.17, 15) is 9.18 Å². The third-order valence-corrected chi connectivity index (χ3v) is 6.35. The fourth-order valence-electron chi connectivity index (χ4n) is 3.76. The van der Waals surface area contributed by atoms with E-state index in [2.05, 4.69) is 20.1 Å². The van der Waals surface area contributed by atoms with Crippen molar-refractivity contribution in [1.82, 2.24) is 9.88 Å². The van der Waals surface area contributed by atoms with Gasteiger partial charge in [0.15, 0.2) is 5.13 Å². The van der Waals surface area contributed by atoms with Gasteiger partial charge in [-0.2, -0.15) is 0 Å². The third-order valence-electron chi connectivity index (χ3n) is 5.27. The van der Waals surface area contributed by atoms with Crippen molar-refractivity contribution in [3.05, 3.63) is 40.7 Å². The highest BCUT2D eigenvalue weighted by Crippen LogP contribution is 2.28. The summed E-state index contributed by atoms with van der Waals surface area (Å²) in [4.78, 5) is 22.8. The molecule has 1 N–H and O–H groups in total. The minimum atomic E-state index is -0.214. The smallest absolute Gasteiger partial charge is 0.240 e. The van der Waals surface area contributed by atoms with Crippen LogP contribution in [0.1, 0.15) is 29.8 Å². The van der Waals surface area contributed by atoms with Crippen molar-refractivity contribution < 1.29 is 9.18 Å². The Hall–Kier alpha value is -1.99. The SMILES string of the molecule is O=C(CN1CCN(c2ccc(F)cc2)CC1)Nc1nc2c(s1)CCCCC2. The Labute approximate surface area is 163 Å². The first kappa shape index (κ1) is 18.4. The molecule has 1 aromatic carbocycles. The van der Waals surface area contributed by atoms with E-state index in [-0.39, 0.29) is 11.7 Å². The van der Waals surface area contributed by atoms with Crippen molar-refractivity contribution in [1.29, 1.82) is 0 Å². The normalized spacial score (nSPS) is 18.0. The molecule has 27 heavy (non-hydrogen) atoms. The van der Waals surface area contributed by atoms with Crippen LogP contribution >= 0.6 is 11.3 Å². The van der Waals surface area contributed by atoms with E-state index in [1.54, 1.807) is 11.3 Å². The number of carbonyl (C=O) groups is 1. The van der Waals surface area contributed by atoms with Gasteiger partial charge in [-0.25, -0.2) is 9.37 Å². The number of aryl methyl sites for hydroxylation is 2. The molecule has 5 nitrogen and oxygen atoms in total. The summed E-state index contributed by atoms with van der Waals surface area (Å²) in [7, 11) is 0. The van der Waals surface area contributed by atoms with Gasteiger partial charge in [0.05, 0.1) is 12.2 Å². The highest BCUT2D eigenvalue weighted by molar-refractivity contribution is 7.15. The molecular weight excluding hydrogens is 363 g/mol. The maximum Gasteiger partial charge on any atom is 0.240 e. The van der Waals surface area contributed by atoms with Gasteiger partial charge in [-0.3, -0.25) is 9.69 Å². The van der Waals surface area contributed by atoms with E-state index < -0.39 is 0 Å². The quantitative estimate of drug-likeness (QED) is 0.817. The first-order valence-corrected chi connectivity index (χ1v) is 10.5. The molecule has 1 saturated heterocycles. The fourth-order valence-corrected chi connectivity index (χ4v) is 4.83. The van der Waals surface area contributed by atoms with Crippen molar-refractivity contribution in [2.75, 3.05) is 42.9 Å². The Kier molecular flexibility index (Phi) is 5.69. The molecule has 0 spiro atoms. The predicted octanol–water partition coefficient (Wildman–Crippen LogP) is 3.31. The number of benzene rings is 1. The van der Waals surface area contributed by atoms with Gasteiger partial charge in [0.25, 0.3) is 0 Å². The summed E-state index contributed by atoms with van der Waals surface area (Å²) >= 11 is 1.64. The topological polar surface area (TPSA) is 48.5 Å². The van der Waals surface area contributed by atoms with Crippen molar-refractivity contribution in [3.63, 3.8) is 0 Å². The monoisotopic (exact) mass is 388 g/mol. The number of halogens is 1. The molecule has 0 bridgehead atoms. The Morgan fingerprint density at radius 1 is 1.07 bits per heavy atom. The summed E-state index contributed by atoms with van der Waals surface area (Å²) in [5, 5.41) is 3.73. The molecule has 1 aromatic heterocycles. The van der Waals surface area contributed by atoms with Crippen molar-refractivity contribution >= 4 is 28.1 Å². The lowest BCUT2D eigenvalue weighted by atomic mass is 10.2. The molecule has 1 aliphatic heterocycles. The van der Waals surface area contributed by atoms with Crippen molar-refractivity contribution in [2.45, 2.75) is 32.1 Å². The van der Waals surface area contributed by atoms with Gasteiger partial charge in [-0.15, -0.1) is 11.3 Å². The van der Waals surface area contributed by atoms with E-state index in [4.69, 9.17) is 0 Å². The second kappa shape index (κ2) is 8.35. The summed E-state index contributed by atoms with van der Waals surface area (Å²) < 4.78 is 13.1. The number of carbonyl (C=O) groups excluding carboxylic acids is 1. The summed E-state index contributed by atoms with van der Waals surface area (Å²) in [5.41, 5.74) is 2.21. The number of rotatable bonds is 4. The summed E-state index contributed by atoms with van der Waals surface area (Å²) in [5.74, 6) is -0.206. The number of fused-ring (bicyclic) bond motifs is 1. The fraction of sp³-hybridized carbons (Fsp3) is 0.500. The largest absolute Gasteiger partial charge is 0.369 e. The lowest BCUT2D eigenvalue weighted by Crippen LogP contribution is -2.48. The van der Waals surface area contributed by atoms with E-state index in [1.165, 1.54) is 42.0 Å². The lowest BCUT2D eigenvalue weighted by molar-refractivity contribution is -0.117. The van der Waals surface area contributed by atoms with Crippen LogP contribution in [0.15, 0.2) is 24.3 Å². The zero-order valence-electron chi connectivity index (χ0n) is 15.4.